The zero-order valence-corrected chi connectivity index (χ0v) is 23.9. The first-order valence-electron chi connectivity index (χ1n) is 13.0. The highest BCUT2D eigenvalue weighted by Crippen LogP contribution is 2.61. The summed E-state index contributed by atoms with van der Waals surface area (Å²) in [5.41, 5.74) is -1.68. The number of carbonyl (C=O) groups excluding carboxylic acids is 3. The van der Waals surface area contributed by atoms with E-state index in [2.05, 4.69) is 29.1 Å². The molecule has 0 aromatic carbocycles. The Hall–Kier alpha value is -1.71. The van der Waals surface area contributed by atoms with Crippen LogP contribution in [0.1, 0.15) is 53.9 Å². The number of ether oxygens (including phenoxy) is 1. The van der Waals surface area contributed by atoms with Crippen LogP contribution in [0.25, 0.3) is 0 Å². The third-order valence-corrected chi connectivity index (χ3v) is 8.71. The molecule has 0 aromatic heterocycles. The lowest BCUT2D eigenvalue weighted by Gasteiger charge is -2.43. The van der Waals surface area contributed by atoms with E-state index in [0.717, 1.165) is 6.42 Å². The average molecular weight is 569 g/mol. The quantitative estimate of drug-likeness (QED) is 0.306. The Balaban J connectivity index is 2.15. The SMILES string of the molecule is C=CCN(CCC)C(=O)[C@H]1[C@@H]2OC3(CC2Br)C(C(=O)N(CC=C)C(C)(C)C)N([C@@H](CC)CO)C(=O)[C@H]13. The Bertz CT molecular complexity index is 885. The molecular formula is C27H42BrN3O5. The van der Waals surface area contributed by atoms with Crippen LogP contribution in [0.4, 0.5) is 0 Å². The van der Waals surface area contributed by atoms with Crippen molar-refractivity contribution in [2.75, 3.05) is 26.2 Å². The third kappa shape index (κ3) is 4.56. The highest BCUT2D eigenvalue weighted by atomic mass is 79.9. The molecule has 3 fully saturated rings. The minimum absolute atomic E-state index is 0.144. The zero-order chi connectivity index (χ0) is 27.0. The predicted molar refractivity (Wildman–Crippen MR) is 142 cm³/mol. The molecule has 202 valence electrons. The van der Waals surface area contributed by atoms with Crippen molar-refractivity contribution in [3.63, 3.8) is 0 Å². The van der Waals surface area contributed by atoms with Gasteiger partial charge in [-0.3, -0.25) is 14.4 Å². The van der Waals surface area contributed by atoms with E-state index in [4.69, 9.17) is 4.74 Å². The molecule has 3 unspecified atom stereocenters. The molecule has 8 nitrogen and oxygen atoms in total. The Morgan fingerprint density at radius 1 is 1.25 bits per heavy atom. The van der Waals surface area contributed by atoms with Gasteiger partial charge in [-0.15, -0.1) is 13.2 Å². The molecule has 1 spiro atoms. The molecular weight excluding hydrogens is 526 g/mol. The van der Waals surface area contributed by atoms with Crippen LogP contribution in [0.3, 0.4) is 0 Å². The smallest absolute Gasteiger partial charge is 0.249 e. The molecule has 3 rings (SSSR count). The van der Waals surface area contributed by atoms with Crippen molar-refractivity contribution in [1.82, 2.24) is 14.7 Å². The van der Waals surface area contributed by atoms with Gasteiger partial charge in [0.05, 0.1) is 30.6 Å². The lowest BCUT2D eigenvalue weighted by molar-refractivity contribution is -0.154. The standard InChI is InChI=1S/C27H42BrN3O5/c1-8-12-29(13-9-2)23(33)19-20-24(34)31(17(11-4)16-32)22(27(20)15-18(28)21(19)36-27)25(35)30(14-10-3)26(5,6)7/h8,10,17-22,32H,1,3,9,11-16H2,2,4-7H3/t17-,18?,19+,20-,21+,22?,27?/m0/s1. The van der Waals surface area contributed by atoms with E-state index in [0.29, 0.717) is 32.5 Å². The van der Waals surface area contributed by atoms with Crippen LogP contribution < -0.4 is 0 Å². The van der Waals surface area contributed by atoms with Crippen molar-refractivity contribution in [1.29, 1.82) is 0 Å². The van der Waals surface area contributed by atoms with Crippen LogP contribution in [-0.2, 0) is 19.1 Å². The van der Waals surface area contributed by atoms with E-state index < -0.39 is 41.2 Å². The summed E-state index contributed by atoms with van der Waals surface area (Å²) in [5.74, 6) is -2.16. The summed E-state index contributed by atoms with van der Waals surface area (Å²) in [6.07, 6.45) is 4.54. The van der Waals surface area contributed by atoms with E-state index in [9.17, 15) is 19.5 Å². The van der Waals surface area contributed by atoms with Gasteiger partial charge in [-0.25, -0.2) is 0 Å². The number of rotatable bonds is 11. The van der Waals surface area contributed by atoms with Crippen LogP contribution in [-0.4, -0.2) is 97.9 Å². The third-order valence-electron chi connectivity index (χ3n) is 7.86. The van der Waals surface area contributed by atoms with Gasteiger partial charge < -0.3 is 24.5 Å². The minimum Gasteiger partial charge on any atom is -0.394 e. The number of hydrogen-bond acceptors (Lipinski definition) is 5. The number of amides is 3. The van der Waals surface area contributed by atoms with E-state index in [1.54, 1.807) is 22.0 Å². The van der Waals surface area contributed by atoms with Crippen molar-refractivity contribution in [2.24, 2.45) is 11.8 Å². The second-order valence-electron chi connectivity index (χ2n) is 11.1. The topological polar surface area (TPSA) is 90.4 Å². The van der Waals surface area contributed by atoms with Gasteiger partial charge in [-0.05, 0) is 40.0 Å². The largest absolute Gasteiger partial charge is 0.394 e. The number of halogens is 1. The Kier molecular flexibility index (Phi) is 8.78. The molecule has 3 amide bonds. The highest BCUT2D eigenvalue weighted by Gasteiger charge is 2.77. The zero-order valence-electron chi connectivity index (χ0n) is 22.3. The van der Waals surface area contributed by atoms with Gasteiger partial charge in [-0.2, -0.15) is 0 Å². The summed E-state index contributed by atoms with van der Waals surface area (Å²) in [5, 5.41) is 10.2. The number of aliphatic hydroxyl groups is 1. The fourth-order valence-corrected chi connectivity index (χ4v) is 7.28. The van der Waals surface area contributed by atoms with E-state index in [1.165, 1.54) is 4.90 Å². The number of nitrogens with zero attached hydrogens (tertiary/aromatic N) is 3. The molecule has 0 radical (unpaired) electrons. The number of likely N-dealkylation sites (tertiary alicyclic amines) is 1. The summed E-state index contributed by atoms with van der Waals surface area (Å²) in [6, 6.07) is -1.49. The molecule has 0 aromatic rings. The monoisotopic (exact) mass is 567 g/mol. The molecule has 1 N–H and O–H groups in total. The van der Waals surface area contributed by atoms with Gasteiger partial charge in [0.25, 0.3) is 0 Å². The van der Waals surface area contributed by atoms with Gasteiger partial charge >= 0.3 is 0 Å². The molecule has 0 aliphatic carbocycles. The maximum absolute atomic E-state index is 14.3. The number of fused-ring (bicyclic) bond motifs is 1. The Labute approximate surface area is 223 Å². The summed E-state index contributed by atoms with van der Waals surface area (Å²) in [7, 11) is 0. The van der Waals surface area contributed by atoms with Crippen LogP contribution >= 0.6 is 15.9 Å². The molecule has 2 bridgehead atoms. The molecule has 3 aliphatic rings. The van der Waals surface area contributed by atoms with Crippen LogP contribution in [0.5, 0.6) is 0 Å². The summed E-state index contributed by atoms with van der Waals surface area (Å²) < 4.78 is 6.61. The van der Waals surface area contributed by atoms with Gasteiger partial charge in [0.15, 0.2) is 0 Å². The van der Waals surface area contributed by atoms with Crippen molar-refractivity contribution in [2.45, 2.75) is 88.0 Å². The van der Waals surface area contributed by atoms with Crippen molar-refractivity contribution >= 4 is 33.7 Å². The molecule has 7 atom stereocenters. The lowest BCUT2D eigenvalue weighted by Crippen LogP contribution is -2.61. The fraction of sp³-hybridized carbons (Fsp3) is 0.741. The first-order chi connectivity index (χ1) is 16.9. The fourth-order valence-electron chi connectivity index (χ4n) is 6.34. The first-order valence-corrected chi connectivity index (χ1v) is 13.9. The van der Waals surface area contributed by atoms with Gasteiger partial charge in [0, 0.05) is 30.0 Å². The summed E-state index contributed by atoms with van der Waals surface area (Å²) >= 11 is 3.72. The minimum atomic E-state index is -1.15. The number of aliphatic hydroxyl groups excluding tert-OH is 1. The number of carbonyl (C=O) groups is 3. The maximum Gasteiger partial charge on any atom is 0.249 e. The van der Waals surface area contributed by atoms with Crippen molar-refractivity contribution in [3.05, 3.63) is 25.3 Å². The first kappa shape index (κ1) is 28.9. The van der Waals surface area contributed by atoms with Crippen LogP contribution in [0.2, 0.25) is 0 Å². The van der Waals surface area contributed by atoms with Gasteiger partial charge in [0.1, 0.15) is 11.6 Å². The predicted octanol–water partition coefficient (Wildman–Crippen LogP) is 2.74. The van der Waals surface area contributed by atoms with Crippen molar-refractivity contribution in [3.8, 4) is 0 Å². The second kappa shape index (κ2) is 11.0. The van der Waals surface area contributed by atoms with E-state index in [-0.39, 0.29) is 29.2 Å². The van der Waals surface area contributed by atoms with Crippen molar-refractivity contribution < 1.29 is 24.2 Å². The molecule has 3 heterocycles. The molecule has 3 saturated heterocycles. The highest BCUT2D eigenvalue weighted by molar-refractivity contribution is 9.09. The average Bonchev–Trinajstić information content (AvgIpc) is 3.40. The normalized spacial score (nSPS) is 31.8. The Morgan fingerprint density at radius 3 is 2.39 bits per heavy atom. The van der Waals surface area contributed by atoms with Gasteiger partial charge in [0.2, 0.25) is 17.7 Å². The molecule has 36 heavy (non-hydrogen) atoms. The second-order valence-corrected chi connectivity index (χ2v) is 12.3. The summed E-state index contributed by atoms with van der Waals surface area (Å²) in [4.78, 5) is 47.2. The maximum atomic E-state index is 14.3. The van der Waals surface area contributed by atoms with E-state index >= 15 is 0 Å². The molecule has 3 aliphatic heterocycles. The van der Waals surface area contributed by atoms with Gasteiger partial charge in [-0.1, -0.05) is 41.9 Å². The lowest BCUT2D eigenvalue weighted by atomic mass is 9.70. The van der Waals surface area contributed by atoms with Crippen LogP contribution in [0, 0.1) is 11.8 Å². The van der Waals surface area contributed by atoms with Crippen LogP contribution in [0.15, 0.2) is 25.3 Å². The number of hydrogen-bond donors (Lipinski definition) is 1. The Morgan fingerprint density at radius 2 is 1.89 bits per heavy atom. The summed E-state index contributed by atoms with van der Waals surface area (Å²) in [6.45, 7) is 18.3. The number of alkyl halides is 1. The molecule has 9 heteroatoms. The van der Waals surface area contributed by atoms with E-state index in [1.807, 2.05) is 34.6 Å². The molecule has 0 saturated carbocycles.